The molecule has 0 saturated carbocycles. The molecule has 0 radical (unpaired) electrons. The molecule has 0 fully saturated rings. The molecule has 10 heteroatoms. The Morgan fingerprint density at radius 2 is 1.78 bits per heavy atom. The van der Waals surface area contributed by atoms with E-state index in [1.54, 1.807) is 0 Å². The van der Waals surface area contributed by atoms with Crippen LogP contribution in [0.2, 0.25) is 0 Å². The van der Waals surface area contributed by atoms with Crippen LogP contribution < -0.4 is 10.1 Å². The quantitative estimate of drug-likeness (QED) is 0.213. The first-order valence-corrected chi connectivity index (χ1v) is 13.4. The van der Waals surface area contributed by atoms with Crippen LogP contribution in [-0.4, -0.2) is 39.5 Å². The number of carbonyl (C=O) groups excluding carboxylic acids is 2. The van der Waals surface area contributed by atoms with E-state index in [4.69, 9.17) is 9.47 Å². The highest BCUT2D eigenvalue weighted by molar-refractivity contribution is 7.99. The molecule has 2 aromatic carbocycles. The number of anilines is 1. The number of hydrogen-bond acceptors (Lipinski definition) is 8. The maximum Gasteiger partial charge on any atom is 0.341 e. The van der Waals surface area contributed by atoms with Gasteiger partial charge in [-0.15, -0.1) is 21.5 Å². The van der Waals surface area contributed by atoms with Crippen molar-refractivity contribution in [3.63, 3.8) is 0 Å². The molecule has 0 bridgehead atoms. The lowest BCUT2D eigenvalue weighted by Crippen LogP contribution is -2.16. The van der Waals surface area contributed by atoms with Crippen molar-refractivity contribution < 1.29 is 19.1 Å². The van der Waals surface area contributed by atoms with E-state index in [0.717, 1.165) is 27.3 Å². The van der Waals surface area contributed by atoms with Crippen LogP contribution in [0.3, 0.4) is 0 Å². The van der Waals surface area contributed by atoms with Gasteiger partial charge in [0.2, 0.25) is 5.91 Å². The van der Waals surface area contributed by atoms with Gasteiger partial charge in [-0.05, 0) is 38.0 Å². The van der Waals surface area contributed by atoms with Crippen LogP contribution in [-0.2, 0) is 16.6 Å². The summed E-state index contributed by atoms with van der Waals surface area (Å²) >= 11 is 2.61. The summed E-state index contributed by atoms with van der Waals surface area (Å²) in [5.74, 6) is 0.781. The Labute approximate surface area is 224 Å². The second-order valence-corrected chi connectivity index (χ2v) is 10.5. The second-order valence-electron chi connectivity index (χ2n) is 8.36. The van der Waals surface area contributed by atoms with Gasteiger partial charge < -0.3 is 19.4 Å². The van der Waals surface area contributed by atoms with Crippen molar-refractivity contribution in [2.24, 2.45) is 7.05 Å². The van der Waals surface area contributed by atoms with Crippen LogP contribution in [0.15, 0.2) is 59.8 Å². The number of thiophene rings is 1. The van der Waals surface area contributed by atoms with E-state index in [0.29, 0.717) is 21.5 Å². The number of nitrogens with one attached hydrogen (secondary N) is 1. The zero-order valence-electron chi connectivity index (χ0n) is 21.3. The topological polar surface area (TPSA) is 95.3 Å². The fourth-order valence-electron chi connectivity index (χ4n) is 3.91. The van der Waals surface area contributed by atoms with Crippen molar-refractivity contribution in [2.75, 3.05) is 18.2 Å². The summed E-state index contributed by atoms with van der Waals surface area (Å²) in [6.07, 6.45) is -0.324. The monoisotopic (exact) mass is 536 g/mol. The van der Waals surface area contributed by atoms with Crippen molar-refractivity contribution >= 4 is 40.0 Å². The Balaban J connectivity index is 1.46. The first-order chi connectivity index (χ1) is 17.8. The van der Waals surface area contributed by atoms with Gasteiger partial charge in [-0.1, -0.05) is 60.3 Å². The first kappa shape index (κ1) is 26.4. The number of hydrogen-bond donors (Lipinski definition) is 1. The fraction of sp³-hybridized carbons (Fsp3) is 0.259. The lowest BCUT2D eigenvalue weighted by Gasteiger charge is -2.15. The van der Waals surface area contributed by atoms with Gasteiger partial charge in [0.25, 0.3) is 0 Å². The van der Waals surface area contributed by atoms with Crippen LogP contribution in [0.5, 0.6) is 5.75 Å². The molecule has 1 atom stereocenters. The molecular weight excluding hydrogens is 508 g/mol. The van der Waals surface area contributed by atoms with E-state index in [2.05, 4.69) is 15.5 Å². The number of esters is 1. The third-order valence-corrected chi connectivity index (χ3v) is 7.79. The Bertz CT molecular complexity index is 1420. The number of rotatable bonds is 9. The molecule has 0 aliphatic rings. The molecule has 2 heterocycles. The Hall–Kier alpha value is -3.63. The summed E-state index contributed by atoms with van der Waals surface area (Å²) in [7, 11) is 3.18. The average molecular weight is 537 g/mol. The summed E-state index contributed by atoms with van der Waals surface area (Å²) in [5, 5.41) is 12.5. The summed E-state index contributed by atoms with van der Waals surface area (Å²) < 4.78 is 12.9. The number of methoxy groups -OCH3 is 1. The van der Waals surface area contributed by atoms with Crippen LogP contribution in [0.25, 0.3) is 11.1 Å². The number of nitrogens with zero attached hydrogens (tertiary/aromatic N) is 3. The van der Waals surface area contributed by atoms with Crippen molar-refractivity contribution in [2.45, 2.75) is 32.0 Å². The minimum absolute atomic E-state index is 0.0945. The normalized spacial score (nSPS) is 11.7. The summed E-state index contributed by atoms with van der Waals surface area (Å²) in [6, 6.07) is 17.4. The number of amides is 1. The summed E-state index contributed by atoms with van der Waals surface area (Å²) in [4.78, 5) is 26.4. The van der Waals surface area contributed by atoms with Gasteiger partial charge in [0, 0.05) is 17.5 Å². The predicted molar refractivity (Wildman–Crippen MR) is 146 cm³/mol. The SMILES string of the molecule is COC(=O)c1c(NC(=O)CSc2nnc(C(C)Oc3ccccc3C)n2C)sc(C)c1-c1ccccc1. The van der Waals surface area contributed by atoms with Crippen LogP contribution >= 0.6 is 23.1 Å². The van der Waals surface area contributed by atoms with Crippen LogP contribution in [0, 0.1) is 13.8 Å². The van der Waals surface area contributed by atoms with Gasteiger partial charge in [-0.3, -0.25) is 4.79 Å². The molecule has 37 heavy (non-hydrogen) atoms. The molecule has 0 aliphatic carbocycles. The van der Waals surface area contributed by atoms with E-state index in [1.165, 1.54) is 30.2 Å². The largest absolute Gasteiger partial charge is 0.482 e. The van der Waals surface area contributed by atoms with Gasteiger partial charge in [0.1, 0.15) is 16.3 Å². The van der Waals surface area contributed by atoms with E-state index < -0.39 is 5.97 Å². The number of aryl methyl sites for hydroxylation is 2. The van der Waals surface area contributed by atoms with Crippen molar-refractivity contribution in [3.8, 4) is 16.9 Å². The van der Waals surface area contributed by atoms with Crippen molar-refractivity contribution in [1.82, 2.24) is 14.8 Å². The molecule has 4 rings (SSSR count). The van der Waals surface area contributed by atoms with E-state index >= 15 is 0 Å². The molecule has 192 valence electrons. The second kappa shape index (κ2) is 11.6. The Morgan fingerprint density at radius 3 is 2.49 bits per heavy atom. The average Bonchev–Trinajstić information content (AvgIpc) is 3.42. The summed E-state index contributed by atoms with van der Waals surface area (Å²) in [5.41, 5.74) is 3.05. The maximum atomic E-state index is 12.9. The minimum Gasteiger partial charge on any atom is -0.482 e. The number of carbonyl (C=O) groups is 2. The molecule has 0 saturated heterocycles. The molecule has 1 amide bonds. The molecule has 0 aliphatic heterocycles. The number of benzene rings is 2. The lowest BCUT2D eigenvalue weighted by atomic mass is 10.0. The van der Waals surface area contributed by atoms with Gasteiger partial charge in [0.05, 0.1) is 12.9 Å². The number of para-hydroxylation sites is 1. The summed E-state index contributed by atoms with van der Waals surface area (Å²) in [6.45, 7) is 5.82. The molecule has 8 nitrogen and oxygen atoms in total. The first-order valence-electron chi connectivity index (χ1n) is 11.6. The highest BCUT2D eigenvalue weighted by Gasteiger charge is 2.25. The molecule has 0 spiro atoms. The molecule has 1 unspecified atom stereocenters. The van der Waals surface area contributed by atoms with E-state index in [-0.39, 0.29) is 17.8 Å². The maximum absolute atomic E-state index is 12.9. The van der Waals surface area contributed by atoms with Crippen molar-refractivity contribution in [1.29, 1.82) is 0 Å². The molecule has 4 aromatic rings. The van der Waals surface area contributed by atoms with Crippen LogP contribution in [0.1, 0.15) is 39.7 Å². The highest BCUT2D eigenvalue weighted by Crippen LogP contribution is 2.40. The van der Waals surface area contributed by atoms with Crippen LogP contribution in [0.4, 0.5) is 5.00 Å². The van der Waals surface area contributed by atoms with E-state index in [1.807, 2.05) is 87.0 Å². The van der Waals surface area contributed by atoms with Crippen molar-refractivity contribution in [3.05, 3.63) is 76.4 Å². The zero-order valence-corrected chi connectivity index (χ0v) is 22.9. The molecule has 1 N–H and O–H groups in total. The van der Waals surface area contributed by atoms with Gasteiger partial charge >= 0.3 is 5.97 Å². The molecular formula is C27H28N4O4S2. The lowest BCUT2D eigenvalue weighted by molar-refractivity contribution is -0.113. The van der Waals surface area contributed by atoms with E-state index in [9.17, 15) is 9.59 Å². The third-order valence-electron chi connectivity index (χ3n) is 5.75. The Morgan fingerprint density at radius 1 is 1.08 bits per heavy atom. The fourth-order valence-corrected chi connectivity index (χ4v) is 5.71. The number of thioether (sulfide) groups is 1. The third kappa shape index (κ3) is 5.86. The molecule has 2 aromatic heterocycles. The van der Waals surface area contributed by atoms with Gasteiger partial charge in [-0.25, -0.2) is 4.79 Å². The number of aromatic nitrogens is 3. The standard InChI is InChI=1S/C27H28N4O4S2/c1-16-11-9-10-14-20(16)35-17(2)24-29-30-27(31(24)4)36-15-21(32)28-25-23(26(33)34-5)22(18(3)37-25)19-12-7-6-8-13-19/h6-14,17H,15H2,1-5H3,(H,28,32). The zero-order chi connectivity index (χ0) is 26.5. The smallest absolute Gasteiger partial charge is 0.341 e. The minimum atomic E-state index is -0.494. The van der Waals surface area contributed by atoms with Gasteiger partial charge in [-0.2, -0.15) is 0 Å². The number of ether oxygens (including phenoxy) is 2. The Kier molecular flexibility index (Phi) is 8.30. The highest BCUT2D eigenvalue weighted by atomic mass is 32.2. The predicted octanol–water partition coefficient (Wildman–Crippen LogP) is 5.82. The van der Waals surface area contributed by atoms with Gasteiger partial charge in [0.15, 0.2) is 17.1 Å².